The number of carbonyl (C=O) groups is 1. The molecule has 3 nitrogen and oxygen atoms in total. The number of urea groups is 1. The zero-order valence-corrected chi connectivity index (χ0v) is 9.91. The fourth-order valence-electron chi connectivity index (χ4n) is 1.37. The molecule has 1 rings (SSSR count). The minimum absolute atomic E-state index is 0.157. The Balaban J connectivity index is 2.11. The lowest BCUT2D eigenvalue weighted by molar-refractivity contribution is 0.252. The van der Waals surface area contributed by atoms with Crippen LogP contribution >= 0.6 is 0 Å². The molecular formula is C14H18N2O. The first-order valence-corrected chi connectivity index (χ1v) is 5.77. The smallest absolute Gasteiger partial charge is 0.319 e. The Morgan fingerprint density at radius 3 is 2.76 bits per heavy atom. The van der Waals surface area contributed by atoms with E-state index >= 15 is 0 Å². The van der Waals surface area contributed by atoms with Gasteiger partial charge in [-0.1, -0.05) is 24.8 Å². The molecule has 1 aromatic rings. The number of carbonyl (C=O) groups excluding carboxylic acids is 1. The minimum atomic E-state index is -0.157. The Hall–Kier alpha value is -1.99. The predicted molar refractivity (Wildman–Crippen MR) is 71.0 cm³/mol. The molecule has 2 amide bonds. The Labute approximate surface area is 102 Å². The highest BCUT2D eigenvalue weighted by molar-refractivity contribution is 5.89. The highest BCUT2D eigenvalue weighted by Gasteiger charge is 1.98. The third-order valence-electron chi connectivity index (χ3n) is 2.24. The van der Waals surface area contributed by atoms with Crippen LogP contribution in [0, 0.1) is 0 Å². The summed E-state index contributed by atoms with van der Waals surface area (Å²) in [7, 11) is 0. The molecule has 17 heavy (non-hydrogen) atoms. The van der Waals surface area contributed by atoms with Gasteiger partial charge in [0.2, 0.25) is 0 Å². The summed E-state index contributed by atoms with van der Waals surface area (Å²) in [5.74, 6) is 0. The van der Waals surface area contributed by atoms with Gasteiger partial charge in [0.05, 0.1) is 0 Å². The van der Waals surface area contributed by atoms with Crippen LogP contribution in [0.5, 0.6) is 0 Å². The second-order valence-corrected chi connectivity index (χ2v) is 3.65. The third kappa shape index (κ3) is 6.23. The van der Waals surface area contributed by atoms with Crippen LogP contribution < -0.4 is 10.6 Å². The molecular weight excluding hydrogens is 212 g/mol. The first-order chi connectivity index (χ1) is 8.33. The number of amides is 2. The summed E-state index contributed by atoms with van der Waals surface area (Å²) in [6.07, 6.45) is 4.87. The average Bonchev–Trinajstić information content (AvgIpc) is 2.35. The molecule has 0 aromatic heterocycles. The van der Waals surface area contributed by atoms with E-state index in [0.29, 0.717) is 6.54 Å². The fourth-order valence-corrected chi connectivity index (χ4v) is 1.37. The summed E-state index contributed by atoms with van der Waals surface area (Å²) in [5.41, 5.74) is 3.53. The maximum Gasteiger partial charge on any atom is 0.319 e. The number of anilines is 1. The number of benzene rings is 1. The van der Waals surface area contributed by atoms with E-state index in [4.69, 9.17) is 0 Å². The molecule has 0 saturated heterocycles. The predicted octanol–water partition coefficient (Wildman–Crippen LogP) is 3.32. The largest absolute Gasteiger partial charge is 0.338 e. The summed E-state index contributed by atoms with van der Waals surface area (Å²) >= 11 is 0. The van der Waals surface area contributed by atoms with Gasteiger partial charge in [0.1, 0.15) is 0 Å². The number of rotatable bonds is 6. The lowest BCUT2D eigenvalue weighted by Gasteiger charge is -2.06. The van der Waals surface area contributed by atoms with Crippen molar-refractivity contribution in [3.63, 3.8) is 0 Å². The summed E-state index contributed by atoms with van der Waals surface area (Å²) in [6, 6.07) is 9.24. The van der Waals surface area contributed by atoms with Crippen LogP contribution in [0.25, 0.3) is 0 Å². The molecule has 3 heteroatoms. The van der Waals surface area contributed by atoms with Gasteiger partial charge in [-0.25, -0.2) is 4.79 Å². The van der Waals surface area contributed by atoms with Crippen molar-refractivity contribution in [2.45, 2.75) is 19.3 Å². The Morgan fingerprint density at radius 1 is 1.29 bits per heavy atom. The van der Waals surface area contributed by atoms with Gasteiger partial charge in [0.15, 0.2) is 0 Å². The van der Waals surface area contributed by atoms with Crippen molar-refractivity contribution in [3.05, 3.63) is 48.7 Å². The van der Waals surface area contributed by atoms with Gasteiger partial charge in [-0.05, 0) is 37.5 Å². The average molecular weight is 230 g/mol. The van der Waals surface area contributed by atoms with Crippen molar-refractivity contribution >= 4 is 11.7 Å². The summed E-state index contributed by atoms with van der Waals surface area (Å²) < 4.78 is 0. The second kappa shape index (κ2) is 8.20. The third-order valence-corrected chi connectivity index (χ3v) is 2.24. The molecule has 0 unspecified atom stereocenters. The first-order valence-electron chi connectivity index (χ1n) is 5.77. The quantitative estimate of drug-likeness (QED) is 0.571. The van der Waals surface area contributed by atoms with Gasteiger partial charge in [-0.15, -0.1) is 5.73 Å². The number of hydrogen-bond acceptors (Lipinski definition) is 1. The van der Waals surface area contributed by atoms with Gasteiger partial charge in [0, 0.05) is 12.2 Å². The van der Waals surface area contributed by atoms with Crippen molar-refractivity contribution < 1.29 is 4.79 Å². The lowest BCUT2D eigenvalue weighted by Crippen LogP contribution is -2.29. The van der Waals surface area contributed by atoms with Gasteiger partial charge >= 0.3 is 6.03 Å². The number of unbranched alkanes of at least 4 members (excludes halogenated alkanes) is 2. The molecule has 90 valence electrons. The second-order valence-electron chi connectivity index (χ2n) is 3.65. The van der Waals surface area contributed by atoms with Gasteiger partial charge < -0.3 is 10.6 Å². The van der Waals surface area contributed by atoms with Crippen LogP contribution in [-0.4, -0.2) is 12.6 Å². The van der Waals surface area contributed by atoms with Crippen LogP contribution in [0.1, 0.15) is 19.3 Å². The van der Waals surface area contributed by atoms with E-state index in [9.17, 15) is 4.79 Å². The normalized spacial score (nSPS) is 9.18. The fraction of sp³-hybridized carbons (Fsp3) is 0.286. The SMILES string of the molecule is C=C=CCCCCNC(=O)Nc1ccccc1. The Kier molecular flexibility index (Phi) is 6.30. The van der Waals surface area contributed by atoms with Crippen LogP contribution in [-0.2, 0) is 0 Å². The standard InChI is InChI=1S/C14H18N2O/c1-2-3-4-5-9-12-15-14(17)16-13-10-7-6-8-11-13/h3,6-8,10-11H,1,4-5,9,12H2,(H2,15,16,17). The number of para-hydroxylation sites is 1. The van der Waals surface area contributed by atoms with E-state index in [-0.39, 0.29) is 6.03 Å². The molecule has 0 atom stereocenters. The molecule has 0 fully saturated rings. The van der Waals surface area contributed by atoms with Gasteiger partial charge in [-0.2, -0.15) is 0 Å². The maximum atomic E-state index is 11.4. The molecule has 1 aromatic carbocycles. The molecule has 2 N–H and O–H groups in total. The van der Waals surface area contributed by atoms with Crippen LogP contribution in [0.3, 0.4) is 0 Å². The topological polar surface area (TPSA) is 41.1 Å². The van der Waals surface area contributed by atoms with Crippen LogP contribution in [0.2, 0.25) is 0 Å². The van der Waals surface area contributed by atoms with E-state index < -0.39 is 0 Å². The van der Waals surface area contributed by atoms with Crippen molar-refractivity contribution in [2.24, 2.45) is 0 Å². The molecule has 0 aliphatic heterocycles. The Bertz CT molecular complexity index is 380. The van der Waals surface area contributed by atoms with Crippen LogP contribution in [0.4, 0.5) is 10.5 Å². The number of allylic oxidation sites excluding steroid dienone is 1. The molecule has 0 bridgehead atoms. The molecule has 0 spiro atoms. The van der Waals surface area contributed by atoms with E-state index in [1.54, 1.807) is 0 Å². The molecule has 0 aliphatic rings. The van der Waals surface area contributed by atoms with Crippen LogP contribution in [0.15, 0.2) is 48.7 Å². The zero-order valence-electron chi connectivity index (χ0n) is 9.91. The maximum absolute atomic E-state index is 11.4. The molecule has 0 saturated carbocycles. The number of hydrogen-bond donors (Lipinski definition) is 2. The van der Waals surface area contributed by atoms with E-state index in [1.807, 2.05) is 36.4 Å². The van der Waals surface area contributed by atoms with Crippen molar-refractivity contribution in [2.75, 3.05) is 11.9 Å². The molecule has 0 radical (unpaired) electrons. The van der Waals surface area contributed by atoms with E-state index in [0.717, 1.165) is 24.9 Å². The van der Waals surface area contributed by atoms with Crippen molar-refractivity contribution in [3.8, 4) is 0 Å². The summed E-state index contributed by atoms with van der Waals surface area (Å²) in [4.78, 5) is 11.4. The van der Waals surface area contributed by atoms with Crippen molar-refractivity contribution in [1.82, 2.24) is 5.32 Å². The Morgan fingerprint density at radius 2 is 2.06 bits per heavy atom. The molecule has 0 heterocycles. The van der Waals surface area contributed by atoms with E-state index in [2.05, 4.69) is 22.9 Å². The monoisotopic (exact) mass is 230 g/mol. The zero-order chi connectivity index (χ0) is 12.3. The van der Waals surface area contributed by atoms with Gasteiger partial charge in [0.25, 0.3) is 0 Å². The van der Waals surface area contributed by atoms with E-state index in [1.165, 1.54) is 0 Å². The van der Waals surface area contributed by atoms with Gasteiger partial charge in [-0.3, -0.25) is 0 Å². The minimum Gasteiger partial charge on any atom is -0.338 e. The lowest BCUT2D eigenvalue weighted by atomic mass is 10.2. The highest BCUT2D eigenvalue weighted by Crippen LogP contribution is 2.04. The highest BCUT2D eigenvalue weighted by atomic mass is 16.2. The molecule has 0 aliphatic carbocycles. The van der Waals surface area contributed by atoms with Crippen molar-refractivity contribution in [1.29, 1.82) is 0 Å². The first kappa shape index (κ1) is 13.1. The number of nitrogens with one attached hydrogen (secondary N) is 2. The summed E-state index contributed by atoms with van der Waals surface area (Å²) in [5, 5.41) is 5.57. The summed E-state index contributed by atoms with van der Waals surface area (Å²) in [6.45, 7) is 4.18.